The lowest BCUT2D eigenvalue weighted by Crippen LogP contribution is -2.40. The maximum atomic E-state index is 10.1. The second-order valence-electron chi connectivity index (χ2n) is 7.69. The Morgan fingerprint density at radius 1 is 0.719 bits per heavy atom. The van der Waals surface area contributed by atoms with E-state index in [0.717, 1.165) is 27.9 Å². The largest absolute Gasteiger partial charge is 0.508 e. The van der Waals surface area contributed by atoms with E-state index in [-0.39, 0.29) is 11.5 Å². The Morgan fingerprint density at radius 3 is 2.00 bits per heavy atom. The topological polar surface area (TPSA) is 71.3 Å². The van der Waals surface area contributed by atoms with E-state index in [1.54, 1.807) is 48.5 Å². The molecule has 0 unspecified atom stereocenters. The van der Waals surface area contributed by atoms with Crippen molar-refractivity contribution in [2.45, 2.75) is 5.60 Å². The van der Waals surface area contributed by atoms with Crippen molar-refractivity contribution in [3.05, 3.63) is 112 Å². The van der Waals surface area contributed by atoms with Crippen LogP contribution in [0.1, 0.15) is 22.3 Å². The highest BCUT2D eigenvalue weighted by Crippen LogP contribution is 2.57. The first kappa shape index (κ1) is 18.8. The molecule has 6 heteroatoms. The van der Waals surface area contributed by atoms with Crippen LogP contribution in [-0.4, -0.2) is 16.1 Å². The molecule has 0 aromatic heterocycles. The van der Waals surface area contributed by atoms with Gasteiger partial charge in [-0.2, -0.15) is 0 Å². The smallest absolute Gasteiger partial charge is 0.222 e. The van der Waals surface area contributed by atoms with Crippen LogP contribution in [0.4, 0.5) is 5.69 Å². The van der Waals surface area contributed by atoms with E-state index in [0.29, 0.717) is 22.4 Å². The summed E-state index contributed by atoms with van der Waals surface area (Å²) in [5, 5.41) is 20.9. The Labute approximate surface area is 188 Å². The van der Waals surface area contributed by atoms with Gasteiger partial charge in [0, 0.05) is 39.4 Å². The van der Waals surface area contributed by atoms with Crippen LogP contribution in [0, 0.1) is 0 Å². The molecule has 0 radical (unpaired) electrons. The third kappa shape index (κ3) is 2.68. The van der Waals surface area contributed by atoms with Gasteiger partial charge in [-0.25, -0.2) is 4.99 Å². The van der Waals surface area contributed by atoms with Crippen molar-refractivity contribution in [3.63, 3.8) is 0 Å². The van der Waals surface area contributed by atoms with Crippen molar-refractivity contribution in [2.75, 3.05) is 0 Å². The molecular weight excluding hydrogens is 426 g/mol. The maximum Gasteiger partial charge on any atom is 0.222 e. The van der Waals surface area contributed by atoms with E-state index in [1.165, 1.54) is 0 Å². The van der Waals surface area contributed by atoms with Gasteiger partial charge in [0.25, 0.3) is 0 Å². The van der Waals surface area contributed by atoms with E-state index in [2.05, 4.69) is 0 Å². The molecule has 32 heavy (non-hydrogen) atoms. The minimum absolute atomic E-state index is 0.0678. The summed E-state index contributed by atoms with van der Waals surface area (Å²) >= 11 is 6.09. The molecule has 0 aliphatic carbocycles. The fourth-order valence-corrected chi connectivity index (χ4v) is 4.48. The first-order valence-electron chi connectivity index (χ1n) is 10.0. The van der Waals surface area contributed by atoms with Crippen molar-refractivity contribution in [3.8, 4) is 23.0 Å². The van der Waals surface area contributed by atoms with Gasteiger partial charge in [-0.3, -0.25) is 0 Å². The minimum atomic E-state index is -1.10. The lowest BCUT2D eigenvalue weighted by molar-refractivity contribution is 0.124. The van der Waals surface area contributed by atoms with Crippen LogP contribution in [0.25, 0.3) is 0 Å². The lowest BCUT2D eigenvalue weighted by atomic mass is 9.76. The summed E-state index contributed by atoms with van der Waals surface area (Å²) < 4.78 is 12.8. The van der Waals surface area contributed by atoms with Gasteiger partial charge in [0.2, 0.25) is 5.90 Å². The van der Waals surface area contributed by atoms with Crippen molar-refractivity contribution >= 4 is 23.2 Å². The van der Waals surface area contributed by atoms with Gasteiger partial charge in [0.15, 0.2) is 5.60 Å². The van der Waals surface area contributed by atoms with Gasteiger partial charge < -0.3 is 19.7 Å². The summed E-state index contributed by atoms with van der Waals surface area (Å²) in [5.74, 6) is 1.45. The molecule has 5 nitrogen and oxygen atoms in total. The summed E-state index contributed by atoms with van der Waals surface area (Å²) in [7, 11) is 0. The van der Waals surface area contributed by atoms with E-state index >= 15 is 0 Å². The van der Waals surface area contributed by atoms with Crippen LogP contribution >= 0.6 is 11.6 Å². The molecule has 0 saturated carbocycles. The minimum Gasteiger partial charge on any atom is -0.508 e. The molecule has 4 aromatic carbocycles. The molecule has 2 heterocycles. The number of halogens is 1. The molecule has 0 atom stereocenters. The number of aromatic hydroxyl groups is 2. The molecule has 0 amide bonds. The molecule has 2 aliphatic rings. The number of nitrogens with zero attached hydrogens (tertiary/aromatic N) is 1. The fourth-order valence-electron chi connectivity index (χ4n) is 4.35. The van der Waals surface area contributed by atoms with Gasteiger partial charge in [-0.1, -0.05) is 29.8 Å². The quantitative estimate of drug-likeness (QED) is 0.366. The molecule has 2 aliphatic heterocycles. The number of aliphatic imine (C=N–C) groups is 1. The summed E-state index contributed by atoms with van der Waals surface area (Å²) in [6.45, 7) is 0. The predicted octanol–water partition coefficient (Wildman–Crippen LogP) is 6.26. The van der Waals surface area contributed by atoms with Crippen molar-refractivity contribution in [1.29, 1.82) is 0 Å². The molecular formula is C26H16ClNO4. The highest BCUT2D eigenvalue weighted by molar-refractivity contribution is 6.30. The monoisotopic (exact) mass is 441 g/mol. The van der Waals surface area contributed by atoms with Gasteiger partial charge >= 0.3 is 0 Å². The standard InChI is InChI=1S/C26H16ClNO4/c27-16-7-5-15(6-8-16)25-28-22-4-2-1-3-19(22)26(32-25)20-11-9-17(29)13-23(20)31-24-14-18(30)10-12-21(24)26/h1-14,29-30H. The second kappa shape index (κ2) is 6.77. The third-order valence-corrected chi connectivity index (χ3v) is 6.01. The summed E-state index contributed by atoms with van der Waals surface area (Å²) in [6.07, 6.45) is 0. The molecule has 6 rings (SSSR count). The summed E-state index contributed by atoms with van der Waals surface area (Å²) in [5.41, 5.74) is 2.71. The molecule has 0 bridgehead atoms. The molecule has 156 valence electrons. The van der Waals surface area contributed by atoms with E-state index in [4.69, 9.17) is 26.1 Å². The Kier molecular flexibility index (Phi) is 3.97. The highest BCUT2D eigenvalue weighted by atomic mass is 35.5. The Hall–Kier alpha value is -3.96. The first-order valence-corrected chi connectivity index (χ1v) is 10.4. The number of benzene rings is 4. The zero-order valence-corrected chi connectivity index (χ0v) is 17.4. The van der Waals surface area contributed by atoms with Crippen molar-refractivity contribution < 1.29 is 19.7 Å². The van der Waals surface area contributed by atoms with Crippen LogP contribution in [0.15, 0.2) is 89.9 Å². The molecule has 2 N–H and O–H groups in total. The van der Waals surface area contributed by atoms with Crippen molar-refractivity contribution in [1.82, 2.24) is 0 Å². The lowest BCUT2D eigenvalue weighted by Gasteiger charge is -2.43. The van der Waals surface area contributed by atoms with E-state index in [1.807, 2.05) is 36.4 Å². The number of rotatable bonds is 1. The highest BCUT2D eigenvalue weighted by Gasteiger charge is 2.50. The number of phenols is 2. The molecule has 0 saturated heterocycles. The first-order chi connectivity index (χ1) is 15.5. The van der Waals surface area contributed by atoms with Crippen LogP contribution in [0.2, 0.25) is 5.02 Å². The Bertz CT molecular complexity index is 1360. The zero-order valence-electron chi connectivity index (χ0n) is 16.6. The molecule has 1 spiro atoms. The van der Waals surface area contributed by atoms with Gasteiger partial charge in [0.05, 0.1) is 5.69 Å². The maximum absolute atomic E-state index is 10.1. The number of ether oxygens (including phenoxy) is 2. The van der Waals surface area contributed by atoms with Crippen LogP contribution in [-0.2, 0) is 10.3 Å². The predicted molar refractivity (Wildman–Crippen MR) is 121 cm³/mol. The van der Waals surface area contributed by atoms with E-state index in [9.17, 15) is 10.2 Å². The number of para-hydroxylation sites is 1. The number of phenolic OH excluding ortho intramolecular Hbond substituents is 2. The fraction of sp³-hybridized carbons (Fsp3) is 0.0385. The van der Waals surface area contributed by atoms with Gasteiger partial charge in [0.1, 0.15) is 23.0 Å². The zero-order chi connectivity index (χ0) is 21.9. The van der Waals surface area contributed by atoms with Crippen LogP contribution < -0.4 is 4.74 Å². The Balaban J connectivity index is 1.68. The van der Waals surface area contributed by atoms with Crippen LogP contribution in [0.5, 0.6) is 23.0 Å². The van der Waals surface area contributed by atoms with Crippen LogP contribution in [0.3, 0.4) is 0 Å². The second-order valence-corrected chi connectivity index (χ2v) is 8.12. The van der Waals surface area contributed by atoms with Crippen molar-refractivity contribution in [2.24, 2.45) is 4.99 Å². The third-order valence-electron chi connectivity index (χ3n) is 5.76. The molecule has 0 fully saturated rings. The SMILES string of the molecule is Oc1ccc2c(c1)Oc1cc(O)ccc1C21OC(c2ccc(Cl)cc2)=Nc2ccccc21. The summed E-state index contributed by atoms with van der Waals surface area (Å²) in [6, 6.07) is 25.0. The molecule has 4 aromatic rings. The average molecular weight is 442 g/mol. The number of hydrogen-bond acceptors (Lipinski definition) is 5. The Morgan fingerprint density at radius 2 is 1.34 bits per heavy atom. The summed E-state index contributed by atoms with van der Waals surface area (Å²) in [4.78, 5) is 4.79. The van der Waals surface area contributed by atoms with Gasteiger partial charge in [-0.15, -0.1) is 0 Å². The normalized spacial score (nSPS) is 15.0. The number of fused-ring (bicyclic) bond motifs is 6. The number of hydrogen-bond donors (Lipinski definition) is 2. The van der Waals surface area contributed by atoms with Gasteiger partial charge in [-0.05, 0) is 54.6 Å². The average Bonchev–Trinajstić information content (AvgIpc) is 2.79. The van der Waals surface area contributed by atoms with E-state index < -0.39 is 5.60 Å².